The molecule has 0 heterocycles. The van der Waals surface area contributed by atoms with Gasteiger partial charge in [0, 0.05) is 26.0 Å². The first-order chi connectivity index (χ1) is 6.69. The molecule has 0 aliphatic rings. The Morgan fingerprint density at radius 3 is 2.14 bits per heavy atom. The van der Waals surface area contributed by atoms with Crippen LogP contribution in [0.25, 0.3) is 0 Å². The van der Waals surface area contributed by atoms with Gasteiger partial charge in [0.2, 0.25) is 0 Å². The average Bonchev–Trinajstić information content (AvgIpc) is 2.20. The van der Waals surface area contributed by atoms with Crippen molar-refractivity contribution in [2.75, 3.05) is 14.6 Å². The second-order valence-corrected chi connectivity index (χ2v) is 4.75. The largest absolute Gasteiger partial charge is 0.399 e. The van der Waals surface area contributed by atoms with E-state index in [9.17, 15) is 4.79 Å². The number of halogens is 2. The van der Waals surface area contributed by atoms with Gasteiger partial charge in [-0.3, -0.25) is 4.79 Å². The molecule has 0 radical (unpaired) electrons. The van der Waals surface area contributed by atoms with E-state index in [1.165, 1.54) is 0 Å². The van der Waals surface area contributed by atoms with Crippen LogP contribution in [0.1, 0.15) is 10.4 Å². The average molecular weight is 415 g/mol. The third-order valence-electron chi connectivity index (χ3n) is 1.94. The first-order valence-electron chi connectivity index (χ1n) is 4.20. The fourth-order valence-corrected chi connectivity index (χ4v) is 3.68. The highest BCUT2D eigenvalue weighted by Crippen LogP contribution is 2.15. The lowest BCUT2D eigenvalue weighted by molar-refractivity contribution is 0.0947. The van der Waals surface area contributed by atoms with Crippen LogP contribution < -0.4 is 5.73 Å². The number of hydrogen-bond acceptors (Lipinski definition) is 2. The molecule has 0 atom stereocenters. The molecule has 0 saturated carbocycles. The molecular formula is C10H11I2NO. The molecule has 14 heavy (non-hydrogen) atoms. The van der Waals surface area contributed by atoms with E-state index in [4.69, 9.17) is 5.73 Å². The van der Waals surface area contributed by atoms with Crippen LogP contribution in [-0.4, -0.2) is 14.6 Å². The second kappa shape index (κ2) is 5.89. The van der Waals surface area contributed by atoms with Gasteiger partial charge in [-0.05, 0) is 24.3 Å². The molecule has 1 rings (SSSR count). The van der Waals surface area contributed by atoms with Crippen LogP contribution in [0.3, 0.4) is 0 Å². The molecule has 0 saturated heterocycles. The summed E-state index contributed by atoms with van der Waals surface area (Å²) in [5.74, 6) is 0.341. The number of alkyl halides is 2. The molecule has 0 aliphatic heterocycles. The van der Waals surface area contributed by atoms with Gasteiger partial charge in [-0.2, -0.15) is 0 Å². The first-order valence-corrected chi connectivity index (χ1v) is 7.26. The summed E-state index contributed by atoms with van der Waals surface area (Å²) < 4.78 is 1.73. The maximum absolute atomic E-state index is 11.9. The fourth-order valence-electron chi connectivity index (χ4n) is 1.06. The van der Waals surface area contributed by atoms with Crippen molar-refractivity contribution in [2.45, 2.75) is 0 Å². The normalized spacial score (nSPS) is 10.5. The van der Waals surface area contributed by atoms with Crippen LogP contribution in [0.15, 0.2) is 24.3 Å². The Morgan fingerprint density at radius 1 is 1.21 bits per heavy atom. The smallest absolute Gasteiger partial charge is 0.167 e. The van der Waals surface area contributed by atoms with Crippen LogP contribution in [0.2, 0.25) is 0 Å². The maximum Gasteiger partial charge on any atom is 0.167 e. The molecule has 0 bridgehead atoms. The third kappa shape index (κ3) is 3.08. The first kappa shape index (κ1) is 12.2. The fraction of sp³-hybridized carbons (Fsp3) is 0.300. The number of rotatable bonds is 4. The van der Waals surface area contributed by atoms with E-state index in [0.29, 0.717) is 5.69 Å². The van der Waals surface area contributed by atoms with E-state index < -0.39 is 0 Å². The Bertz CT molecular complexity index is 306. The zero-order valence-electron chi connectivity index (χ0n) is 7.54. The lowest BCUT2D eigenvalue weighted by atomic mass is 10.0. The second-order valence-electron chi connectivity index (χ2n) is 2.99. The van der Waals surface area contributed by atoms with E-state index in [1.54, 1.807) is 24.3 Å². The lowest BCUT2D eigenvalue weighted by Crippen LogP contribution is -2.17. The van der Waals surface area contributed by atoms with Crippen LogP contribution >= 0.6 is 45.2 Å². The van der Waals surface area contributed by atoms with E-state index in [-0.39, 0.29) is 11.7 Å². The molecule has 0 aliphatic carbocycles. The van der Waals surface area contributed by atoms with Crippen LogP contribution in [-0.2, 0) is 0 Å². The minimum Gasteiger partial charge on any atom is -0.399 e. The third-order valence-corrected chi connectivity index (χ3v) is 4.06. The summed E-state index contributed by atoms with van der Waals surface area (Å²) in [6.07, 6.45) is 0. The number of carbonyl (C=O) groups is 1. The van der Waals surface area contributed by atoms with Crippen molar-refractivity contribution >= 4 is 56.7 Å². The number of nitrogens with two attached hydrogens (primary N) is 1. The summed E-state index contributed by atoms with van der Waals surface area (Å²) in [5.41, 5.74) is 7.01. The predicted molar refractivity (Wildman–Crippen MR) is 76.4 cm³/mol. The van der Waals surface area contributed by atoms with Crippen molar-refractivity contribution in [1.82, 2.24) is 0 Å². The Balaban J connectivity index is 2.83. The summed E-state index contributed by atoms with van der Waals surface area (Å²) in [6, 6.07) is 7.13. The molecule has 0 spiro atoms. The SMILES string of the molecule is Nc1ccc(C(=O)C(CI)CI)cc1. The molecule has 2 N–H and O–H groups in total. The number of nitrogen functional groups attached to an aromatic ring is 1. The van der Waals surface area contributed by atoms with Crippen molar-refractivity contribution in [3.63, 3.8) is 0 Å². The monoisotopic (exact) mass is 415 g/mol. The predicted octanol–water partition coefficient (Wildman–Crippen LogP) is 2.94. The molecule has 2 nitrogen and oxygen atoms in total. The quantitative estimate of drug-likeness (QED) is 0.356. The van der Waals surface area contributed by atoms with Crippen LogP contribution in [0.5, 0.6) is 0 Å². The number of ketones is 1. The van der Waals surface area contributed by atoms with Crippen molar-refractivity contribution in [2.24, 2.45) is 5.92 Å². The Labute approximate surface area is 111 Å². The van der Waals surface area contributed by atoms with Gasteiger partial charge in [-0.25, -0.2) is 0 Å². The van der Waals surface area contributed by atoms with Crippen molar-refractivity contribution < 1.29 is 4.79 Å². The Kier molecular flexibility index (Phi) is 5.14. The highest BCUT2D eigenvalue weighted by molar-refractivity contribution is 14.1. The molecule has 4 heteroatoms. The van der Waals surface area contributed by atoms with E-state index in [0.717, 1.165) is 14.4 Å². The summed E-state index contributed by atoms with van der Waals surface area (Å²) in [5, 5.41) is 0. The minimum absolute atomic E-state index is 0.125. The molecular weight excluding hydrogens is 404 g/mol. The van der Waals surface area contributed by atoms with Gasteiger partial charge in [-0.15, -0.1) is 0 Å². The van der Waals surface area contributed by atoms with Crippen molar-refractivity contribution in [3.05, 3.63) is 29.8 Å². The van der Waals surface area contributed by atoms with Gasteiger partial charge in [0.1, 0.15) is 0 Å². The van der Waals surface area contributed by atoms with Crippen molar-refractivity contribution in [3.8, 4) is 0 Å². The van der Waals surface area contributed by atoms with E-state index >= 15 is 0 Å². The molecule has 1 aromatic rings. The molecule has 76 valence electrons. The summed E-state index contributed by atoms with van der Waals surface area (Å²) in [7, 11) is 0. The summed E-state index contributed by atoms with van der Waals surface area (Å²) >= 11 is 4.50. The summed E-state index contributed by atoms with van der Waals surface area (Å²) in [6.45, 7) is 0. The Morgan fingerprint density at radius 2 is 1.71 bits per heavy atom. The number of Topliss-reactive ketones (excluding diaryl/α,β-unsaturated/α-hetero) is 1. The number of benzene rings is 1. The molecule has 0 fully saturated rings. The van der Waals surface area contributed by atoms with Gasteiger partial charge in [0.05, 0.1) is 0 Å². The topological polar surface area (TPSA) is 43.1 Å². The van der Waals surface area contributed by atoms with E-state index in [2.05, 4.69) is 45.2 Å². The Hall–Kier alpha value is 0.150. The van der Waals surface area contributed by atoms with Gasteiger partial charge >= 0.3 is 0 Å². The van der Waals surface area contributed by atoms with Gasteiger partial charge in [0.15, 0.2) is 5.78 Å². The minimum atomic E-state index is 0.125. The van der Waals surface area contributed by atoms with Crippen LogP contribution in [0, 0.1) is 5.92 Å². The zero-order valence-corrected chi connectivity index (χ0v) is 11.9. The lowest BCUT2D eigenvalue weighted by Gasteiger charge is -2.09. The molecule has 1 aromatic carbocycles. The number of carbonyl (C=O) groups excluding carboxylic acids is 1. The van der Waals surface area contributed by atoms with Gasteiger partial charge in [0.25, 0.3) is 0 Å². The zero-order chi connectivity index (χ0) is 10.6. The highest BCUT2D eigenvalue weighted by Gasteiger charge is 2.16. The van der Waals surface area contributed by atoms with Gasteiger partial charge < -0.3 is 5.73 Å². The molecule has 0 aromatic heterocycles. The maximum atomic E-state index is 11.9. The molecule has 0 amide bonds. The highest BCUT2D eigenvalue weighted by atomic mass is 127. The number of hydrogen-bond donors (Lipinski definition) is 1. The van der Waals surface area contributed by atoms with Crippen molar-refractivity contribution in [1.29, 1.82) is 0 Å². The molecule has 0 unspecified atom stereocenters. The van der Waals surface area contributed by atoms with Gasteiger partial charge in [-0.1, -0.05) is 45.2 Å². The summed E-state index contributed by atoms with van der Waals surface area (Å²) in [4.78, 5) is 11.9. The van der Waals surface area contributed by atoms with Crippen LogP contribution in [0.4, 0.5) is 5.69 Å². The standard InChI is InChI=1S/C10H11I2NO/c11-5-8(6-12)10(14)7-1-3-9(13)4-2-7/h1-4,8H,5-6,13H2. The number of anilines is 1. The van der Waals surface area contributed by atoms with E-state index in [1.807, 2.05) is 0 Å².